The Morgan fingerprint density at radius 1 is 1.39 bits per heavy atom. The molecule has 1 aromatic heterocycles. The molecule has 0 bridgehead atoms. The Labute approximate surface area is 115 Å². The van der Waals surface area contributed by atoms with Gasteiger partial charge in [0.05, 0.1) is 6.10 Å². The smallest absolute Gasteiger partial charge is 0.126 e. The second-order valence-electron chi connectivity index (χ2n) is 4.28. The van der Waals surface area contributed by atoms with Gasteiger partial charge in [0.15, 0.2) is 0 Å². The zero-order valence-corrected chi connectivity index (χ0v) is 11.7. The second-order valence-corrected chi connectivity index (χ2v) is 5.13. The third kappa shape index (κ3) is 2.89. The van der Waals surface area contributed by atoms with Crippen LogP contribution in [0.3, 0.4) is 0 Å². The molecule has 0 saturated carbocycles. The number of nitrogens with zero attached hydrogens (tertiary/aromatic N) is 1. The molecular weight excluding hydrogens is 292 g/mol. The Kier molecular flexibility index (Phi) is 3.99. The van der Waals surface area contributed by atoms with Gasteiger partial charge < -0.3 is 10.8 Å². The number of benzene rings is 1. The van der Waals surface area contributed by atoms with Gasteiger partial charge in [0.1, 0.15) is 5.82 Å². The number of aromatic nitrogens is 1. The van der Waals surface area contributed by atoms with Crippen LogP contribution in [0.15, 0.2) is 41.0 Å². The van der Waals surface area contributed by atoms with E-state index in [0.717, 1.165) is 21.2 Å². The molecule has 18 heavy (non-hydrogen) atoms. The SMILES string of the molecule is Cc1cc(C(O)Cc2cccnc2N)ccc1Br. The lowest BCUT2D eigenvalue weighted by molar-refractivity contribution is 0.178. The predicted molar refractivity (Wildman–Crippen MR) is 76.2 cm³/mol. The molecule has 4 heteroatoms. The largest absolute Gasteiger partial charge is 0.388 e. The summed E-state index contributed by atoms with van der Waals surface area (Å²) >= 11 is 3.45. The summed E-state index contributed by atoms with van der Waals surface area (Å²) in [5, 5.41) is 10.2. The van der Waals surface area contributed by atoms with Gasteiger partial charge in [0.2, 0.25) is 0 Å². The Hall–Kier alpha value is -1.39. The van der Waals surface area contributed by atoms with E-state index in [1.807, 2.05) is 37.3 Å². The Bertz CT molecular complexity index is 557. The van der Waals surface area contributed by atoms with Crippen LogP contribution in [0.5, 0.6) is 0 Å². The van der Waals surface area contributed by atoms with E-state index in [1.165, 1.54) is 0 Å². The van der Waals surface area contributed by atoms with Crippen molar-refractivity contribution in [1.29, 1.82) is 0 Å². The van der Waals surface area contributed by atoms with Crippen molar-refractivity contribution in [2.45, 2.75) is 19.4 Å². The van der Waals surface area contributed by atoms with Crippen LogP contribution in [-0.4, -0.2) is 10.1 Å². The highest BCUT2D eigenvalue weighted by Crippen LogP contribution is 2.24. The highest BCUT2D eigenvalue weighted by molar-refractivity contribution is 9.10. The van der Waals surface area contributed by atoms with Crippen molar-refractivity contribution in [3.63, 3.8) is 0 Å². The molecule has 1 unspecified atom stereocenters. The summed E-state index contributed by atoms with van der Waals surface area (Å²) in [6.45, 7) is 2.00. The van der Waals surface area contributed by atoms with Crippen LogP contribution in [0.1, 0.15) is 22.8 Å². The number of halogens is 1. The zero-order valence-electron chi connectivity index (χ0n) is 10.1. The van der Waals surface area contributed by atoms with Crippen molar-refractivity contribution in [3.05, 3.63) is 57.7 Å². The van der Waals surface area contributed by atoms with Crippen LogP contribution < -0.4 is 5.73 Å². The van der Waals surface area contributed by atoms with Gasteiger partial charge in [-0.2, -0.15) is 0 Å². The summed E-state index contributed by atoms with van der Waals surface area (Å²) in [5.41, 5.74) is 8.63. The molecule has 0 aliphatic carbocycles. The summed E-state index contributed by atoms with van der Waals surface area (Å²) in [6.07, 6.45) is 1.55. The lowest BCUT2D eigenvalue weighted by Crippen LogP contribution is -2.05. The maximum Gasteiger partial charge on any atom is 0.126 e. The molecule has 2 aromatic rings. The van der Waals surface area contributed by atoms with E-state index in [1.54, 1.807) is 6.20 Å². The molecule has 1 heterocycles. The quantitative estimate of drug-likeness (QED) is 0.916. The number of aliphatic hydroxyl groups is 1. The van der Waals surface area contributed by atoms with Crippen molar-refractivity contribution < 1.29 is 5.11 Å². The summed E-state index contributed by atoms with van der Waals surface area (Å²) in [5.74, 6) is 0.477. The number of nitrogen functional groups attached to an aromatic ring is 1. The molecule has 0 spiro atoms. The molecule has 0 aliphatic rings. The third-order valence-corrected chi connectivity index (χ3v) is 3.80. The van der Waals surface area contributed by atoms with Crippen LogP contribution >= 0.6 is 15.9 Å². The van der Waals surface area contributed by atoms with Gasteiger partial charge in [-0.3, -0.25) is 0 Å². The first-order valence-electron chi connectivity index (χ1n) is 5.71. The zero-order chi connectivity index (χ0) is 13.1. The van der Waals surface area contributed by atoms with Crippen molar-refractivity contribution in [1.82, 2.24) is 4.98 Å². The lowest BCUT2D eigenvalue weighted by atomic mass is 10.0. The average molecular weight is 307 g/mol. The number of rotatable bonds is 3. The fourth-order valence-electron chi connectivity index (χ4n) is 1.82. The van der Waals surface area contributed by atoms with Gasteiger partial charge in [-0.1, -0.05) is 34.1 Å². The third-order valence-electron chi connectivity index (χ3n) is 2.91. The van der Waals surface area contributed by atoms with E-state index in [9.17, 15) is 5.11 Å². The number of hydrogen-bond acceptors (Lipinski definition) is 3. The first kappa shape index (κ1) is 13.1. The highest BCUT2D eigenvalue weighted by Gasteiger charge is 2.11. The minimum atomic E-state index is -0.566. The molecule has 3 nitrogen and oxygen atoms in total. The van der Waals surface area contributed by atoms with E-state index in [4.69, 9.17) is 5.73 Å². The molecule has 0 fully saturated rings. The summed E-state index contributed by atoms with van der Waals surface area (Å²) in [4.78, 5) is 4.02. The molecule has 0 aliphatic heterocycles. The topological polar surface area (TPSA) is 59.1 Å². The molecule has 3 N–H and O–H groups in total. The Morgan fingerprint density at radius 2 is 2.17 bits per heavy atom. The van der Waals surface area contributed by atoms with Crippen molar-refractivity contribution in [2.24, 2.45) is 0 Å². The maximum absolute atomic E-state index is 10.2. The molecule has 1 atom stereocenters. The molecule has 2 rings (SSSR count). The van der Waals surface area contributed by atoms with Crippen LogP contribution in [-0.2, 0) is 6.42 Å². The molecule has 0 saturated heterocycles. The standard InChI is InChI=1S/C14H15BrN2O/c1-9-7-10(4-5-12(9)15)13(18)8-11-3-2-6-17-14(11)16/h2-7,13,18H,8H2,1H3,(H2,16,17). The summed E-state index contributed by atoms with van der Waals surface area (Å²) in [7, 11) is 0. The van der Waals surface area contributed by atoms with Gasteiger partial charge >= 0.3 is 0 Å². The Morgan fingerprint density at radius 3 is 2.83 bits per heavy atom. The van der Waals surface area contributed by atoms with E-state index in [2.05, 4.69) is 20.9 Å². The van der Waals surface area contributed by atoms with Crippen LogP contribution in [0.2, 0.25) is 0 Å². The number of hydrogen-bond donors (Lipinski definition) is 2. The summed E-state index contributed by atoms with van der Waals surface area (Å²) in [6, 6.07) is 9.54. The molecule has 94 valence electrons. The fraction of sp³-hybridized carbons (Fsp3) is 0.214. The van der Waals surface area contributed by atoms with Gasteiger partial charge in [0, 0.05) is 17.1 Å². The first-order chi connectivity index (χ1) is 8.58. The van der Waals surface area contributed by atoms with Crippen LogP contribution in [0.25, 0.3) is 0 Å². The van der Waals surface area contributed by atoms with E-state index >= 15 is 0 Å². The fourth-order valence-corrected chi connectivity index (χ4v) is 2.07. The highest BCUT2D eigenvalue weighted by atomic mass is 79.9. The first-order valence-corrected chi connectivity index (χ1v) is 6.50. The molecular formula is C14H15BrN2O. The normalized spacial score (nSPS) is 12.4. The minimum Gasteiger partial charge on any atom is -0.388 e. The van der Waals surface area contributed by atoms with Gasteiger partial charge in [-0.05, 0) is 35.7 Å². The lowest BCUT2D eigenvalue weighted by Gasteiger charge is -2.13. The van der Waals surface area contributed by atoms with Gasteiger partial charge in [0.25, 0.3) is 0 Å². The number of pyridine rings is 1. The van der Waals surface area contributed by atoms with Crippen LogP contribution in [0.4, 0.5) is 5.82 Å². The maximum atomic E-state index is 10.2. The van der Waals surface area contributed by atoms with Gasteiger partial charge in [-0.25, -0.2) is 4.98 Å². The number of anilines is 1. The van der Waals surface area contributed by atoms with Crippen LogP contribution in [0, 0.1) is 6.92 Å². The van der Waals surface area contributed by atoms with E-state index in [0.29, 0.717) is 12.2 Å². The number of aryl methyl sites for hydroxylation is 1. The van der Waals surface area contributed by atoms with Crippen molar-refractivity contribution >= 4 is 21.7 Å². The summed E-state index contributed by atoms with van der Waals surface area (Å²) < 4.78 is 1.04. The number of nitrogens with two attached hydrogens (primary N) is 1. The second kappa shape index (κ2) is 5.50. The van der Waals surface area contributed by atoms with E-state index in [-0.39, 0.29) is 0 Å². The van der Waals surface area contributed by atoms with Crippen molar-refractivity contribution in [3.8, 4) is 0 Å². The predicted octanol–water partition coefficient (Wildman–Crippen LogP) is 3.01. The Balaban J connectivity index is 2.19. The van der Waals surface area contributed by atoms with E-state index < -0.39 is 6.10 Å². The molecule has 1 aromatic carbocycles. The molecule has 0 radical (unpaired) electrons. The number of aliphatic hydroxyl groups excluding tert-OH is 1. The molecule has 0 amide bonds. The monoisotopic (exact) mass is 306 g/mol. The van der Waals surface area contributed by atoms with Gasteiger partial charge in [-0.15, -0.1) is 0 Å². The van der Waals surface area contributed by atoms with Crippen molar-refractivity contribution in [2.75, 3.05) is 5.73 Å². The minimum absolute atomic E-state index is 0.473. The average Bonchev–Trinajstić information content (AvgIpc) is 2.35.